The lowest BCUT2D eigenvalue weighted by atomic mass is 10.2. The van der Waals surface area contributed by atoms with Gasteiger partial charge in [-0.25, -0.2) is 4.98 Å². The van der Waals surface area contributed by atoms with Crippen LogP contribution in [0, 0.1) is 5.41 Å². The van der Waals surface area contributed by atoms with Crippen molar-refractivity contribution in [1.29, 1.82) is 5.41 Å². The summed E-state index contributed by atoms with van der Waals surface area (Å²) in [7, 11) is 5.22. The molecule has 0 aliphatic heterocycles. The normalized spacial score (nSPS) is 9.46. The molecule has 0 aromatic carbocycles. The third kappa shape index (κ3) is 2.18. The third-order valence-corrected chi connectivity index (χ3v) is 1.67. The minimum atomic E-state index is 0.440. The van der Waals surface area contributed by atoms with E-state index in [0.717, 1.165) is 5.56 Å². The van der Waals surface area contributed by atoms with Crippen molar-refractivity contribution in [2.24, 2.45) is 0 Å². The van der Waals surface area contributed by atoms with Gasteiger partial charge in [0.05, 0.1) is 7.11 Å². The molecule has 4 nitrogen and oxygen atoms in total. The number of rotatable bonds is 2. The molecule has 13 heavy (non-hydrogen) atoms. The Kier molecular flexibility index (Phi) is 2.84. The second-order valence-corrected chi connectivity index (χ2v) is 2.83. The lowest BCUT2D eigenvalue weighted by molar-refractivity contribution is 0.398. The van der Waals surface area contributed by atoms with Crippen molar-refractivity contribution in [2.45, 2.75) is 0 Å². The summed E-state index contributed by atoms with van der Waals surface area (Å²) in [4.78, 5) is 5.74. The first-order valence-corrected chi connectivity index (χ1v) is 3.91. The molecule has 0 bridgehead atoms. The van der Waals surface area contributed by atoms with Crippen LogP contribution in [0.15, 0.2) is 18.3 Å². The van der Waals surface area contributed by atoms with Crippen molar-refractivity contribution < 1.29 is 4.74 Å². The highest BCUT2D eigenvalue weighted by molar-refractivity contribution is 5.95. The lowest BCUT2D eigenvalue weighted by Crippen LogP contribution is -2.21. The maximum Gasteiger partial charge on any atom is 0.212 e. The maximum atomic E-state index is 7.66. The lowest BCUT2D eigenvalue weighted by Gasteiger charge is -2.13. The van der Waals surface area contributed by atoms with Gasteiger partial charge in [0, 0.05) is 31.9 Å². The van der Waals surface area contributed by atoms with Crippen LogP contribution >= 0.6 is 0 Å². The number of hydrogen-bond donors (Lipinski definition) is 1. The molecule has 0 atom stereocenters. The first kappa shape index (κ1) is 9.51. The first-order valence-electron chi connectivity index (χ1n) is 3.91. The molecule has 1 N–H and O–H groups in total. The molecular formula is C9H13N3O. The van der Waals surface area contributed by atoms with Gasteiger partial charge in [-0.3, -0.25) is 5.41 Å². The molecule has 70 valence electrons. The summed E-state index contributed by atoms with van der Waals surface area (Å²) in [5.74, 6) is 1.01. The molecule has 0 saturated carbocycles. The van der Waals surface area contributed by atoms with Gasteiger partial charge in [-0.15, -0.1) is 0 Å². The fourth-order valence-corrected chi connectivity index (χ4v) is 0.899. The van der Waals surface area contributed by atoms with Gasteiger partial charge in [0.25, 0.3) is 0 Å². The number of nitrogens with one attached hydrogen (secondary N) is 1. The maximum absolute atomic E-state index is 7.66. The van der Waals surface area contributed by atoms with Crippen molar-refractivity contribution in [2.75, 3.05) is 21.2 Å². The third-order valence-electron chi connectivity index (χ3n) is 1.67. The van der Waals surface area contributed by atoms with Crippen LogP contribution in [0.5, 0.6) is 5.88 Å². The topological polar surface area (TPSA) is 49.2 Å². The minimum absolute atomic E-state index is 0.440. The van der Waals surface area contributed by atoms with Gasteiger partial charge in [-0.05, 0) is 6.07 Å². The van der Waals surface area contributed by atoms with Gasteiger partial charge in [-0.2, -0.15) is 0 Å². The Labute approximate surface area is 77.7 Å². The van der Waals surface area contributed by atoms with E-state index in [2.05, 4.69) is 4.98 Å². The summed E-state index contributed by atoms with van der Waals surface area (Å²) in [5, 5.41) is 7.66. The highest BCUT2D eigenvalue weighted by Crippen LogP contribution is 2.07. The number of ether oxygens (including phenoxy) is 1. The van der Waals surface area contributed by atoms with E-state index < -0.39 is 0 Å². The van der Waals surface area contributed by atoms with E-state index in [-0.39, 0.29) is 0 Å². The van der Waals surface area contributed by atoms with E-state index in [4.69, 9.17) is 10.1 Å². The van der Waals surface area contributed by atoms with Crippen molar-refractivity contribution in [3.63, 3.8) is 0 Å². The van der Waals surface area contributed by atoms with Crippen LogP contribution in [-0.2, 0) is 0 Å². The Hall–Kier alpha value is -1.58. The molecule has 0 unspecified atom stereocenters. The molecule has 4 heteroatoms. The van der Waals surface area contributed by atoms with Crippen molar-refractivity contribution in [3.05, 3.63) is 23.9 Å². The SMILES string of the molecule is COc1ccc(C(=N)N(C)C)cn1. The molecule has 1 aromatic rings. The fraction of sp³-hybridized carbons (Fsp3) is 0.333. The Morgan fingerprint density at radius 1 is 1.46 bits per heavy atom. The Bertz CT molecular complexity index is 292. The molecule has 0 spiro atoms. The second kappa shape index (κ2) is 3.89. The molecule has 0 aliphatic carbocycles. The Morgan fingerprint density at radius 2 is 2.15 bits per heavy atom. The highest BCUT2D eigenvalue weighted by atomic mass is 16.5. The van der Waals surface area contributed by atoms with Gasteiger partial charge < -0.3 is 9.64 Å². The van der Waals surface area contributed by atoms with Gasteiger partial charge in [-0.1, -0.05) is 0 Å². The zero-order valence-corrected chi connectivity index (χ0v) is 8.03. The zero-order chi connectivity index (χ0) is 9.84. The van der Waals surface area contributed by atoms with E-state index >= 15 is 0 Å². The molecule has 1 heterocycles. The van der Waals surface area contributed by atoms with E-state index in [9.17, 15) is 0 Å². The predicted molar refractivity (Wildman–Crippen MR) is 51.3 cm³/mol. The quantitative estimate of drug-likeness (QED) is 0.543. The van der Waals surface area contributed by atoms with Crippen molar-refractivity contribution in [1.82, 2.24) is 9.88 Å². The molecule has 0 amide bonds. The molecular weight excluding hydrogens is 166 g/mol. The van der Waals surface area contributed by atoms with Gasteiger partial charge in [0.1, 0.15) is 5.84 Å². The second-order valence-electron chi connectivity index (χ2n) is 2.83. The number of aromatic nitrogens is 1. The Balaban J connectivity index is 2.86. The summed E-state index contributed by atoms with van der Waals surface area (Å²) in [6.07, 6.45) is 1.63. The summed E-state index contributed by atoms with van der Waals surface area (Å²) in [6.45, 7) is 0. The molecule has 0 saturated heterocycles. The molecule has 0 fully saturated rings. The Morgan fingerprint density at radius 3 is 2.54 bits per heavy atom. The van der Waals surface area contributed by atoms with E-state index in [1.165, 1.54) is 0 Å². The highest BCUT2D eigenvalue weighted by Gasteiger charge is 2.03. The van der Waals surface area contributed by atoms with E-state index in [0.29, 0.717) is 11.7 Å². The van der Waals surface area contributed by atoms with Gasteiger partial charge in [0.2, 0.25) is 5.88 Å². The van der Waals surface area contributed by atoms with E-state index in [1.54, 1.807) is 24.3 Å². The van der Waals surface area contributed by atoms with Crippen LogP contribution in [0.1, 0.15) is 5.56 Å². The van der Waals surface area contributed by atoms with Crippen LogP contribution in [0.2, 0.25) is 0 Å². The predicted octanol–water partition coefficient (Wildman–Crippen LogP) is 0.977. The van der Waals surface area contributed by atoms with Gasteiger partial charge >= 0.3 is 0 Å². The fourth-order valence-electron chi connectivity index (χ4n) is 0.899. The molecule has 1 rings (SSSR count). The monoisotopic (exact) mass is 179 g/mol. The van der Waals surface area contributed by atoms with E-state index in [1.807, 2.05) is 20.2 Å². The van der Waals surface area contributed by atoms with Crippen LogP contribution in [0.3, 0.4) is 0 Å². The largest absolute Gasteiger partial charge is 0.481 e. The van der Waals surface area contributed by atoms with Crippen LogP contribution < -0.4 is 4.74 Å². The number of pyridine rings is 1. The summed E-state index contributed by atoms with van der Waals surface area (Å²) in [5.41, 5.74) is 0.783. The standard InChI is InChI=1S/C9H13N3O/c1-12(2)9(10)7-4-5-8(13-3)11-6-7/h4-6,10H,1-3H3. The van der Waals surface area contributed by atoms with Crippen molar-refractivity contribution >= 4 is 5.84 Å². The first-order chi connectivity index (χ1) is 6.15. The van der Waals surface area contributed by atoms with Crippen molar-refractivity contribution in [3.8, 4) is 5.88 Å². The average molecular weight is 179 g/mol. The van der Waals surface area contributed by atoms with Crippen LogP contribution in [-0.4, -0.2) is 36.9 Å². The zero-order valence-electron chi connectivity index (χ0n) is 8.03. The molecule has 0 aliphatic rings. The molecule has 1 aromatic heterocycles. The number of nitrogens with zero attached hydrogens (tertiary/aromatic N) is 2. The van der Waals surface area contributed by atoms with Crippen LogP contribution in [0.25, 0.3) is 0 Å². The minimum Gasteiger partial charge on any atom is -0.481 e. The summed E-state index contributed by atoms with van der Waals surface area (Å²) >= 11 is 0. The number of hydrogen-bond acceptors (Lipinski definition) is 3. The summed E-state index contributed by atoms with van der Waals surface area (Å²) in [6, 6.07) is 3.56. The number of methoxy groups -OCH3 is 1. The number of amidine groups is 1. The summed E-state index contributed by atoms with van der Waals surface area (Å²) < 4.78 is 4.91. The van der Waals surface area contributed by atoms with Crippen LogP contribution in [0.4, 0.5) is 0 Å². The smallest absolute Gasteiger partial charge is 0.212 e. The molecule has 0 radical (unpaired) electrons. The average Bonchev–Trinajstić information content (AvgIpc) is 2.17. The van der Waals surface area contributed by atoms with Gasteiger partial charge in [0.15, 0.2) is 0 Å².